The lowest BCUT2D eigenvalue weighted by atomic mass is 10.1. The third-order valence-corrected chi connectivity index (χ3v) is 4.42. The first kappa shape index (κ1) is 29.7. The van der Waals surface area contributed by atoms with Crippen LogP contribution in [-0.4, -0.2) is 88.2 Å². The molecule has 33 heavy (non-hydrogen) atoms. The van der Waals surface area contributed by atoms with Crippen molar-refractivity contribution in [2.75, 3.05) is 13.2 Å². The molecule has 0 saturated carbocycles. The molecule has 4 atom stereocenters. The summed E-state index contributed by atoms with van der Waals surface area (Å²) in [5.74, 6) is -6.37. The molecular formula is C18H32N6O9. The molecule has 15 heteroatoms. The number of nitrogens with one attached hydrogen (secondary N) is 3. The fourth-order valence-corrected chi connectivity index (χ4v) is 2.60. The van der Waals surface area contributed by atoms with E-state index in [4.69, 9.17) is 22.3 Å². The Morgan fingerprint density at radius 2 is 1.33 bits per heavy atom. The number of aliphatic hydroxyl groups excluding tert-OH is 1. The molecule has 0 aromatic rings. The van der Waals surface area contributed by atoms with Crippen molar-refractivity contribution in [3.05, 3.63) is 0 Å². The van der Waals surface area contributed by atoms with Crippen molar-refractivity contribution in [1.82, 2.24) is 16.0 Å². The van der Waals surface area contributed by atoms with E-state index < -0.39 is 72.8 Å². The van der Waals surface area contributed by atoms with E-state index in [1.165, 1.54) is 0 Å². The van der Waals surface area contributed by atoms with Crippen molar-refractivity contribution >= 4 is 35.6 Å². The number of aliphatic hydroxyl groups is 1. The lowest BCUT2D eigenvalue weighted by Crippen LogP contribution is -2.58. The second kappa shape index (κ2) is 15.5. The number of carbonyl (C=O) groups excluding carboxylic acids is 4. The average molecular weight is 476 g/mol. The summed E-state index contributed by atoms with van der Waals surface area (Å²) in [5.41, 5.74) is 15.8. The predicted octanol–water partition coefficient (Wildman–Crippen LogP) is -4.29. The van der Waals surface area contributed by atoms with Gasteiger partial charge in [0.2, 0.25) is 23.6 Å². The highest BCUT2D eigenvalue weighted by atomic mass is 16.4. The van der Waals surface area contributed by atoms with E-state index in [-0.39, 0.29) is 19.3 Å². The molecule has 15 nitrogen and oxygen atoms in total. The van der Waals surface area contributed by atoms with Crippen molar-refractivity contribution in [3.8, 4) is 0 Å². The Balaban J connectivity index is 5.30. The first-order valence-electron chi connectivity index (χ1n) is 10.1. The maximum atomic E-state index is 12.6. The molecule has 0 spiro atoms. The van der Waals surface area contributed by atoms with Gasteiger partial charge in [-0.2, -0.15) is 0 Å². The molecule has 188 valence electrons. The lowest BCUT2D eigenvalue weighted by molar-refractivity contribution is -0.142. The van der Waals surface area contributed by atoms with Gasteiger partial charge in [-0.05, 0) is 32.2 Å². The third kappa shape index (κ3) is 12.4. The minimum atomic E-state index is -1.55. The SMILES string of the molecule is NCCCCC(NC(=O)C(CO)NC(=O)C(N)CC(=O)O)C(=O)NC(CCC(N)=O)C(=O)O. The highest BCUT2D eigenvalue weighted by molar-refractivity contribution is 5.94. The summed E-state index contributed by atoms with van der Waals surface area (Å²) in [6.07, 6.45) is -0.339. The van der Waals surface area contributed by atoms with Gasteiger partial charge in [0.05, 0.1) is 19.1 Å². The van der Waals surface area contributed by atoms with E-state index >= 15 is 0 Å². The number of rotatable bonds is 17. The standard InChI is InChI=1S/C18H32N6O9/c19-6-2-1-3-10(16(30)23-11(18(32)33)4-5-13(21)26)22-17(31)12(8-25)24-15(29)9(20)7-14(27)28/h9-12,25H,1-8,19-20H2,(H2,21,26)(H,22,31)(H,23,30)(H,24,29)(H,27,28)(H,32,33). The van der Waals surface area contributed by atoms with Gasteiger partial charge < -0.3 is 48.5 Å². The van der Waals surface area contributed by atoms with Gasteiger partial charge in [-0.25, -0.2) is 4.79 Å². The number of unbranched alkanes of at least 4 members (excludes halogenated alkanes) is 1. The smallest absolute Gasteiger partial charge is 0.326 e. The molecule has 0 aliphatic heterocycles. The van der Waals surface area contributed by atoms with E-state index in [1.54, 1.807) is 0 Å². The molecule has 0 fully saturated rings. The predicted molar refractivity (Wildman–Crippen MR) is 112 cm³/mol. The van der Waals surface area contributed by atoms with Gasteiger partial charge in [0.15, 0.2) is 0 Å². The maximum absolute atomic E-state index is 12.6. The Hall–Kier alpha value is -3.30. The maximum Gasteiger partial charge on any atom is 0.326 e. The minimum absolute atomic E-state index is 0.0571. The second-order valence-electron chi connectivity index (χ2n) is 7.20. The van der Waals surface area contributed by atoms with Crippen molar-refractivity contribution in [1.29, 1.82) is 0 Å². The molecule has 0 aromatic carbocycles. The monoisotopic (exact) mass is 476 g/mol. The normalized spacial score (nSPS) is 14.3. The van der Waals surface area contributed by atoms with Gasteiger partial charge in [-0.1, -0.05) is 0 Å². The van der Waals surface area contributed by atoms with Crippen LogP contribution in [-0.2, 0) is 28.8 Å². The van der Waals surface area contributed by atoms with E-state index in [0.29, 0.717) is 19.4 Å². The van der Waals surface area contributed by atoms with Crippen LogP contribution in [0.2, 0.25) is 0 Å². The Morgan fingerprint density at radius 3 is 1.82 bits per heavy atom. The largest absolute Gasteiger partial charge is 0.481 e. The van der Waals surface area contributed by atoms with Crippen LogP contribution in [0.4, 0.5) is 0 Å². The van der Waals surface area contributed by atoms with Gasteiger partial charge in [-0.3, -0.25) is 24.0 Å². The zero-order valence-corrected chi connectivity index (χ0v) is 18.0. The van der Waals surface area contributed by atoms with E-state index in [2.05, 4.69) is 16.0 Å². The fraction of sp³-hybridized carbons (Fsp3) is 0.667. The molecule has 0 saturated heterocycles. The Kier molecular flexibility index (Phi) is 13.9. The van der Waals surface area contributed by atoms with Crippen LogP contribution in [0, 0.1) is 0 Å². The van der Waals surface area contributed by atoms with Crippen LogP contribution >= 0.6 is 0 Å². The Morgan fingerprint density at radius 1 is 0.788 bits per heavy atom. The Bertz CT molecular complexity index is 718. The number of carboxylic acid groups (broad SMARTS) is 2. The van der Waals surface area contributed by atoms with Crippen LogP contribution in [0.3, 0.4) is 0 Å². The van der Waals surface area contributed by atoms with Gasteiger partial charge in [0.1, 0.15) is 18.1 Å². The van der Waals surface area contributed by atoms with E-state index in [1.807, 2.05) is 0 Å². The zero-order valence-electron chi connectivity index (χ0n) is 18.0. The number of hydrogen-bond donors (Lipinski definition) is 9. The summed E-state index contributed by atoms with van der Waals surface area (Å²) in [6, 6.07) is -5.72. The van der Waals surface area contributed by atoms with Crippen LogP contribution in [0.15, 0.2) is 0 Å². The number of primary amides is 1. The first-order chi connectivity index (χ1) is 15.4. The summed E-state index contributed by atoms with van der Waals surface area (Å²) in [6.45, 7) is -0.583. The minimum Gasteiger partial charge on any atom is -0.481 e. The van der Waals surface area contributed by atoms with Crippen molar-refractivity contribution < 1.29 is 44.1 Å². The highest BCUT2D eigenvalue weighted by Crippen LogP contribution is 2.05. The molecule has 0 aromatic heterocycles. The molecule has 12 N–H and O–H groups in total. The van der Waals surface area contributed by atoms with E-state index in [9.17, 15) is 39.0 Å². The molecule has 0 bridgehead atoms. The highest BCUT2D eigenvalue weighted by Gasteiger charge is 2.30. The molecule has 4 amide bonds. The van der Waals surface area contributed by atoms with Crippen molar-refractivity contribution in [3.63, 3.8) is 0 Å². The van der Waals surface area contributed by atoms with E-state index in [0.717, 1.165) is 0 Å². The van der Waals surface area contributed by atoms with Crippen LogP contribution < -0.4 is 33.2 Å². The number of aliphatic carboxylic acids is 2. The number of hydrogen-bond acceptors (Lipinski definition) is 9. The number of amides is 4. The summed E-state index contributed by atoms with van der Waals surface area (Å²) in [5, 5.41) is 34.0. The number of carboxylic acids is 2. The van der Waals surface area contributed by atoms with Gasteiger partial charge in [0.25, 0.3) is 0 Å². The molecule has 0 rings (SSSR count). The van der Waals surface area contributed by atoms with Gasteiger partial charge in [0, 0.05) is 6.42 Å². The van der Waals surface area contributed by atoms with Crippen molar-refractivity contribution in [2.45, 2.75) is 62.7 Å². The average Bonchev–Trinajstić information content (AvgIpc) is 2.72. The number of carbonyl (C=O) groups is 6. The van der Waals surface area contributed by atoms with Gasteiger partial charge >= 0.3 is 11.9 Å². The van der Waals surface area contributed by atoms with Crippen LogP contribution in [0.5, 0.6) is 0 Å². The lowest BCUT2D eigenvalue weighted by Gasteiger charge is -2.24. The van der Waals surface area contributed by atoms with Crippen LogP contribution in [0.25, 0.3) is 0 Å². The quantitative estimate of drug-likeness (QED) is 0.0905. The van der Waals surface area contributed by atoms with Gasteiger partial charge in [-0.15, -0.1) is 0 Å². The van der Waals surface area contributed by atoms with Crippen molar-refractivity contribution in [2.24, 2.45) is 17.2 Å². The third-order valence-electron chi connectivity index (χ3n) is 4.42. The molecular weight excluding hydrogens is 444 g/mol. The summed E-state index contributed by atoms with van der Waals surface area (Å²) in [7, 11) is 0. The summed E-state index contributed by atoms with van der Waals surface area (Å²) in [4.78, 5) is 70.0. The Labute approximate surface area is 189 Å². The van der Waals surface area contributed by atoms with Crippen LogP contribution in [0.1, 0.15) is 38.5 Å². The fourth-order valence-electron chi connectivity index (χ4n) is 2.60. The molecule has 0 aliphatic rings. The number of nitrogens with two attached hydrogens (primary N) is 3. The first-order valence-corrected chi connectivity index (χ1v) is 10.1. The molecule has 0 radical (unpaired) electrons. The molecule has 0 heterocycles. The second-order valence-corrected chi connectivity index (χ2v) is 7.20. The summed E-state index contributed by atoms with van der Waals surface area (Å²) >= 11 is 0. The topological polar surface area (TPSA) is 277 Å². The molecule has 4 unspecified atom stereocenters. The molecule has 0 aliphatic carbocycles. The zero-order chi connectivity index (χ0) is 25.6. The summed E-state index contributed by atoms with van der Waals surface area (Å²) < 4.78 is 0.